The van der Waals surface area contributed by atoms with Gasteiger partial charge in [-0.25, -0.2) is 9.97 Å². The molecule has 4 rings (SSSR count). The lowest BCUT2D eigenvalue weighted by Gasteiger charge is -2.20. The summed E-state index contributed by atoms with van der Waals surface area (Å²) in [5, 5.41) is 3.04. The third kappa shape index (κ3) is 3.04. The van der Waals surface area contributed by atoms with E-state index < -0.39 is 0 Å². The van der Waals surface area contributed by atoms with Gasteiger partial charge in [0.2, 0.25) is 5.91 Å². The topological polar surface area (TPSA) is 64.1 Å². The van der Waals surface area contributed by atoms with Gasteiger partial charge in [0.1, 0.15) is 5.75 Å². The fraction of sp³-hybridized carbons (Fsp3) is 0.389. The molecular formula is C18H19N3O2. The highest BCUT2D eigenvalue weighted by Gasteiger charge is 2.42. The molecule has 1 aromatic carbocycles. The highest BCUT2D eigenvalue weighted by atomic mass is 16.5. The fourth-order valence-corrected chi connectivity index (χ4v) is 3.88. The van der Waals surface area contributed by atoms with Crippen LogP contribution in [0, 0.1) is 17.8 Å². The number of nitrogens with one attached hydrogen (secondary N) is 1. The summed E-state index contributed by atoms with van der Waals surface area (Å²) >= 11 is 0. The number of carbonyl (C=O) groups excluding carboxylic acids is 1. The second-order valence-corrected chi connectivity index (χ2v) is 6.43. The average molecular weight is 309 g/mol. The second-order valence-electron chi connectivity index (χ2n) is 6.43. The van der Waals surface area contributed by atoms with E-state index in [2.05, 4.69) is 15.3 Å². The molecule has 2 aliphatic carbocycles. The Bertz CT molecular complexity index is 704. The van der Waals surface area contributed by atoms with E-state index in [0.717, 1.165) is 18.0 Å². The van der Waals surface area contributed by atoms with Gasteiger partial charge < -0.3 is 10.1 Å². The van der Waals surface area contributed by atoms with Gasteiger partial charge in [-0.1, -0.05) is 12.5 Å². The average Bonchev–Trinajstić information content (AvgIpc) is 3.19. The summed E-state index contributed by atoms with van der Waals surface area (Å²) in [6.07, 6.45) is 8.04. The number of fused-ring (bicyclic) bond motifs is 2. The molecule has 2 aliphatic rings. The van der Waals surface area contributed by atoms with E-state index in [0.29, 0.717) is 17.7 Å². The number of benzene rings is 1. The molecule has 5 heteroatoms. The second kappa shape index (κ2) is 5.99. The first-order chi connectivity index (χ1) is 11.3. The Hall–Kier alpha value is -2.43. The van der Waals surface area contributed by atoms with Crippen molar-refractivity contribution in [3.63, 3.8) is 0 Å². The van der Waals surface area contributed by atoms with Crippen molar-refractivity contribution in [1.82, 2.24) is 9.97 Å². The summed E-state index contributed by atoms with van der Waals surface area (Å²) in [4.78, 5) is 20.6. The molecule has 2 saturated carbocycles. The van der Waals surface area contributed by atoms with Crippen molar-refractivity contribution >= 4 is 11.6 Å². The van der Waals surface area contributed by atoms with E-state index in [-0.39, 0.29) is 11.8 Å². The van der Waals surface area contributed by atoms with Crippen LogP contribution in [0.1, 0.15) is 25.7 Å². The van der Waals surface area contributed by atoms with Crippen LogP contribution in [0.15, 0.2) is 42.7 Å². The minimum atomic E-state index is 0.144. The maximum absolute atomic E-state index is 12.5. The van der Waals surface area contributed by atoms with Crippen molar-refractivity contribution in [3.8, 4) is 11.8 Å². The van der Waals surface area contributed by atoms with E-state index in [1.165, 1.54) is 19.3 Å². The zero-order valence-electron chi connectivity index (χ0n) is 12.8. The lowest BCUT2D eigenvalue weighted by molar-refractivity contribution is -0.121. The van der Waals surface area contributed by atoms with Gasteiger partial charge in [0.25, 0.3) is 0 Å². The summed E-state index contributed by atoms with van der Waals surface area (Å²) < 4.78 is 5.60. The normalized spacial score (nSPS) is 25.3. The van der Waals surface area contributed by atoms with E-state index in [1.54, 1.807) is 18.5 Å². The maximum atomic E-state index is 12.5. The first kappa shape index (κ1) is 14.2. The van der Waals surface area contributed by atoms with Crippen LogP contribution in [0.25, 0.3) is 0 Å². The molecule has 1 aromatic heterocycles. The predicted octanol–water partition coefficient (Wildman–Crippen LogP) is 3.64. The lowest BCUT2D eigenvalue weighted by atomic mass is 9.88. The first-order valence-corrected chi connectivity index (χ1v) is 8.14. The summed E-state index contributed by atoms with van der Waals surface area (Å²) in [6.45, 7) is 0. The van der Waals surface area contributed by atoms with Crippen LogP contribution in [0.2, 0.25) is 0 Å². The zero-order valence-corrected chi connectivity index (χ0v) is 12.8. The summed E-state index contributed by atoms with van der Waals surface area (Å²) in [6, 6.07) is 9.39. The van der Waals surface area contributed by atoms with Crippen LogP contribution in [0.3, 0.4) is 0 Å². The molecule has 0 spiro atoms. The van der Waals surface area contributed by atoms with Crippen molar-refractivity contribution in [1.29, 1.82) is 0 Å². The molecule has 0 aliphatic heterocycles. The Kier molecular flexibility index (Phi) is 3.69. The number of amides is 1. The smallest absolute Gasteiger partial charge is 0.321 e. The number of hydrogen-bond donors (Lipinski definition) is 1. The molecule has 23 heavy (non-hydrogen) atoms. The van der Waals surface area contributed by atoms with Gasteiger partial charge >= 0.3 is 6.01 Å². The van der Waals surface area contributed by atoms with Gasteiger partial charge in [-0.15, -0.1) is 0 Å². The molecule has 1 N–H and O–H groups in total. The molecule has 0 radical (unpaired) electrons. The van der Waals surface area contributed by atoms with Gasteiger partial charge in [0, 0.05) is 30.1 Å². The number of carbonyl (C=O) groups is 1. The largest absolute Gasteiger partial charge is 0.424 e. The molecule has 1 heterocycles. The number of ether oxygens (including phenoxy) is 1. The molecule has 118 valence electrons. The highest BCUT2D eigenvalue weighted by molar-refractivity contribution is 5.93. The molecule has 2 fully saturated rings. The number of nitrogens with zero attached hydrogens (tertiary/aromatic N) is 2. The van der Waals surface area contributed by atoms with Crippen LogP contribution in [0.4, 0.5) is 5.69 Å². The Morgan fingerprint density at radius 1 is 1.13 bits per heavy atom. The summed E-state index contributed by atoms with van der Waals surface area (Å²) in [5.74, 6) is 2.28. The summed E-state index contributed by atoms with van der Waals surface area (Å²) in [5.41, 5.74) is 0.756. The number of rotatable bonds is 4. The Morgan fingerprint density at radius 3 is 2.74 bits per heavy atom. The van der Waals surface area contributed by atoms with Crippen molar-refractivity contribution < 1.29 is 9.53 Å². The number of aromatic nitrogens is 2. The van der Waals surface area contributed by atoms with Crippen LogP contribution < -0.4 is 10.1 Å². The SMILES string of the molecule is O=C(Nc1cccc(Oc2ncccn2)c1)[C@@H]1C[C@H]2CC[C@H]1C2. The van der Waals surface area contributed by atoms with E-state index in [4.69, 9.17) is 4.74 Å². The fourth-order valence-electron chi connectivity index (χ4n) is 3.88. The molecule has 3 atom stereocenters. The van der Waals surface area contributed by atoms with Crippen LogP contribution in [-0.4, -0.2) is 15.9 Å². The molecule has 0 unspecified atom stereocenters. The number of anilines is 1. The van der Waals surface area contributed by atoms with E-state index >= 15 is 0 Å². The van der Waals surface area contributed by atoms with Gasteiger partial charge in [-0.3, -0.25) is 4.79 Å². The Labute approximate surface area is 135 Å². The van der Waals surface area contributed by atoms with E-state index in [9.17, 15) is 4.79 Å². The van der Waals surface area contributed by atoms with Crippen molar-refractivity contribution in [3.05, 3.63) is 42.7 Å². The minimum absolute atomic E-state index is 0.144. The maximum Gasteiger partial charge on any atom is 0.321 e. The van der Waals surface area contributed by atoms with Crippen molar-refractivity contribution in [2.24, 2.45) is 17.8 Å². The molecule has 2 aromatic rings. The van der Waals surface area contributed by atoms with Crippen molar-refractivity contribution in [2.45, 2.75) is 25.7 Å². The Balaban J connectivity index is 1.43. The van der Waals surface area contributed by atoms with E-state index in [1.807, 2.05) is 24.3 Å². The van der Waals surface area contributed by atoms with Gasteiger partial charge in [0.15, 0.2) is 0 Å². The van der Waals surface area contributed by atoms with Crippen molar-refractivity contribution in [2.75, 3.05) is 5.32 Å². The molecule has 1 amide bonds. The molecule has 2 bridgehead atoms. The third-order valence-electron chi connectivity index (χ3n) is 4.93. The quantitative estimate of drug-likeness (QED) is 0.936. The standard InChI is InChI=1S/C18H19N3O2/c22-17(16-10-12-5-6-13(16)9-12)21-14-3-1-4-15(11-14)23-18-19-7-2-8-20-18/h1-4,7-8,11-13,16H,5-6,9-10H2,(H,21,22)/t12-,13-,16+/m0/s1. The van der Waals surface area contributed by atoms with Crippen LogP contribution in [-0.2, 0) is 4.79 Å². The monoisotopic (exact) mass is 309 g/mol. The highest BCUT2D eigenvalue weighted by Crippen LogP contribution is 2.48. The summed E-state index contributed by atoms with van der Waals surface area (Å²) in [7, 11) is 0. The first-order valence-electron chi connectivity index (χ1n) is 8.14. The van der Waals surface area contributed by atoms with Gasteiger partial charge in [-0.05, 0) is 49.3 Å². The van der Waals surface area contributed by atoms with Crippen LogP contribution >= 0.6 is 0 Å². The molecule has 5 nitrogen and oxygen atoms in total. The lowest BCUT2D eigenvalue weighted by Crippen LogP contribution is -2.27. The predicted molar refractivity (Wildman–Crippen MR) is 86.1 cm³/mol. The van der Waals surface area contributed by atoms with Gasteiger partial charge in [0.05, 0.1) is 0 Å². The van der Waals surface area contributed by atoms with Gasteiger partial charge in [-0.2, -0.15) is 0 Å². The molecule has 0 saturated heterocycles. The third-order valence-corrected chi connectivity index (χ3v) is 4.93. The minimum Gasteiger partial charge on any atom is -0.424 e. The Morgan fingerprint density at radius 2 is 2.00 bits per heavy atom. The van der Waals surface area contributed by atoms with Crippen LogP contribution in [0.5, 0.6) is 11.8 Å². The molecular weight excluding hydrogens is 290 g/mol. The number of hydrogen-bond acceptors (Lipinski definition) is 4. The zero-order chi connectivity index (χ0) is 15.6.